The molecule has 142 valence electrons. The van der Waals surface area contributed by atoms with Crippen LogP contribution in [0.15, 0.2) is 23.1 Å². The summed E-state index contributed by atoms with van der Waals surface area (Å²) < 4.78 is 48.6. The molecule has 2 aromatic rings. The van der Waals surface area contributed by atoms with Gasteiger partial charge in [0.05, 0.1) is 27.3 Å². The monoisotopic (exact) mass is 417 g/mol. The second kappa shape index (κ2) is 6.87. The minimum atomic E-state index is -3.32. The van der Waals surface area contributed by atoms with Crippen LogP contribution in [0.2, 0.25) is 0 Å². The van der Waals surface area contributed by atoms with Crippen LogP contribution >= 0.6 is 11.3 Å². The van der Waals surface area contributed by atoms with Crippen molar-refractivity contribution in [2.75, 3.05) is 30.9 Å². The molecule has 2 heterocycles. The van der Waals surface area contributed by atoms with E-state index in [1.54, 1.807) is 6.07 Å². The van der Waals surface area contributed by atoms with Crippen molar-refractivity contribution in [1.29, 1.82) is 0 Å². The number of rotatable bonds is 4. The molecule has 1 fully saturated rings. The van der Waals surface area contributed by atoms with Crippen molar-refractivity contribution in [2.24, 2.45) is 5.92 Å². The lowest BCUT2D eigenvalue weighted by molar-refractivity contribution is -0.120. The molecule has 1 saturated heterocycles. The number of amides is 1. The Hall–Kier alpha value is -1.56. The van der Waals surface area contributed by atoms with E-state index in [0.717, 1.165) is 12.5 Å². The molecule has 0 spiro atoms. The quantitative estimate of drug-likeness (QED) is 0.802. The SMILES string of the molecule is CS(=O)(=O)c1ccc2nc(NC(=O)[C@H]3CCCN(S(C)(=O)=O)C3)sc2c1. The summed E-state index contributed by atoms with van der Waals surface area (Å²) in [5, 5.41) is 3.10. The van der Waals surface area contributed by atoms with Crippen molar-refractivity contribution in [3.05, 3.63) is 18.2 Å². The standard InChI is InChI=1S/C15H19N3O5S3/c1-25(20,21)11-5-6-12-13(8-11)24-15(16-12)17-14(19)10-4-3-7-18(9-10)26(2,22)23/h5-6,8,10H,3-4,7,9H2,1-2H3,(H,16,17,19)/t10-/m0/s1. The van der Waals surface area contributed by atoms with E-state index < -0.39 is 25.8 Å². The Kier molecular flexibility index (Phi) is 5.08. The number of carbonyl (C=O) groups excluding carboxylic acids is 1. The van der Waals surface area contributed by atoms with E-state index in [4.69, 9.17) is 0 Å². The van der Waals surface area contributed by atoms with Gasteiger partial charge in [0.1, 0.15) is 0 Å². The van der Waals surface area contributed by atoms with Gasteiger partial charge in [-0.25, -0.2) is 26.1 Å². The number of thiazole rings is 1. The zero-order valence-electron chi connectivity index (χ0n) is 14.3. The van der Waals surface area contributed by atoms with Crippen LogP contribution in [0.5, 0.6) is 0 Å². The molecule has 0 bridgehead atoms. The van der Waals surface area contributed by atoms with Gasteiger partial charge in [0, 0.05) is 19.3 Å². The lowest BCUT2D eigenvalue weighted by Gasteiger charge is -2.29. The third kappa shape index (κ3) is 4.22. The number of hydrogen-bond donors (Lipinski definition) is 1. The normalized spacial score (nSPS) is 19.5. The third-order valence-corrected chi connectivity index (χ3v) is 7.56. The smallest absolute Gasteiger partial charge is 0.230 e. The summed E-state index contributed by atoms with van der Waals surface area (Å²) in [6.07, 6.45) is 3.51. The Labute approximate surface area is 156 Å². The summed E-state index contributed by atoms with van der Waals surface area (Å²) in [4.78, 5) is 17.0. The number of nitrogens with zero attached hydrogens (tertiary/aromatic N) is 2. The van der Waals surface area contributed by atoms with Crippen LogP contribution in [-0.2, 0) is 24.7 Å². The number of sulfone groups is 1. The fourth-order valence-electron chi connectivity index (χ4n) is 2.85. The number of hydrogen-bond acceptors (Lipinski definition) is 7. The predicted molar refractivity (Wildman–Crippen MR) is 101 cm³/mol. The highest BCUT2D eigenvalue weighted by molar-refractivity contribution is 7.90. The molecule has 1 N–H and O–H groups in total. The molecule has 1 amide bonds. The van der Waals surface area contributed by atoms with E-state index in [1.807, 2.05) is 0 Å². The molecule has 1 aromatic heterocycles. The molecule has 0 unspecified atom stereocenters. The highest BCUT2D eigenvalue weighted by Gasteiger charge is 2.30. The first-order valence-corrected chi connectivity index (χ1v) is 12.5. The summed E-state index contributed by atoms with van der Waals surface area (Å²) in [6, 6.07) is 4.61. The zero-order chi connectivity index (χ0) is 19.1. The molecule has 1 aliphatic rings. The minimum Gasteiger partial charge on any atom is -0.302 e. The molecular formula is C15H19N3O5S3. The van der Waals surface area contributed by atoms with Crippen LogP contribution in [0.25, 0.3) is 10.2 Å². The highest BCUT2D eigenvalue weighted by Crippen LogP contribution is 2.29. The lowest BCUT2D eigenvalue weighted by atomic mass is 9.99. The topological polar surface area (TPSA) is 114 Å². The van der Waals surface area contributed by atoms with Crippen molar-refractivity contribution in [2.45, 2.75) is 17.7 Å². The first-order valence-electron chi connectivity index (χ1n) is 7.91. The summed E-state index contributed by atoms with van der Waals surface area (Å²) in [5.41, 5.74) is 0.596. The summed E-state index contributed by atoms with van der Waals surface area (Å²) in [7, 11) is -6.64. The van der Waals surface area contributed by atoms with E-state index in [9.17, 15) is 21.6 Å². The highest BCUT2D eigenvalue weighted by atomic mass is 32.2. The second-order valence-corrected chi connectivity index (χ2v) is 11.4. The molecule has 11 heteroatoms. The lowest BCUT2D eigenvalue weighted by Crippen LogP contribution is -2.43. The molecular weight excluding hydrogens is 398 g/mol. The molecule has 1 atom stereocenters. The Bertz CT molecular complexity index is 1060. The molecule has 0 saturated carbocycles. The number of aromatic nitrogens is 1. The number of piperidine rings is 1. The molecule has 1 aromatic carbocycles. The fraction of sp³-hybridized carbons (Fsp3) is 0.467. The largest absolute Gasteiger partial charge is 0.302 e. The molecule has 1 aliphatic heterocycles. The summed E-state index contributed by atoms with van der Waals surface area (Å²) >= 11 is 1.19. The Morgan fingerprint density at radius 1 is 1.27 bits per heavy atom. The van der Waals surface area contributed by atoms with Gasteiger partial charge in [-0.05, 0) is 31.0 Å². The van der Waals surface area contributed by atoms with Crippen LogP contribution in [0.4, 0.5) is 5.13 Å². The van der Waals surface area contributed by atoms with E-state index in [2.05, 4.69) is 10.3 Å². The van der Waals surface area contributed by atoms with Gasteiger partial charge in [-0.3, -0.25) is 4.79 Å². The van der Waals surface area contributed by atoms with Crippen LogP contribution in [0.3, 0.4) is 0 Å². The van der Waals surface area contributed by atoms with E-state index in [0.29, 0.717) is 34.7 Å². The Balaban J connectivity index is 1.77. The average Bonchev–Trinajstić information content (AvgIpc) is 2.94. The van der Waals surface area contributed by atoms with Gasteiger partial charge in [0.25, 0.3) is 0 Å². The van der Waals surface area contributed by atoms with Crippen molar-refractivity contribution in [3.63, 3.8) is 0 Å². The van der Waals surface area contributed by atoms with Gasteiger partial charge in [0.2, 0.25) is 15.9 Å². The maximum atomic E-state index is 12.5. The van der Waals surface area contributed by atoms with Crippen LogP contribution < -0.4 is 5.32 Å². The predicted octanol–water partition coefficient (Wildman–Crippen LogP) is 1.31. The first kappa shape index (κ1) is 19.2. The van der Waals surface area contributed by atoms with Crippen molar-refractivity contribution < 1.29 is 21.6 Å². The molecule has 8 nitrogen and oxygen atoms in total. The second-order valence-electron chi connectivity index (χ2n) is 6.37. The Morgan fingerprint density at radius 3 is 2.65 bits per heavy atom. The van der Waals surface area contributed by atoms with E-state index >= 15 is 0 Å². The minimum absolute atomic E-state index is 0.161. The van der Waals surface area contributed by atoms with Crippen LogP contribution in [0, 0.1) is 5.92 Å². The Morgan fingerprint density at radius 2 is 2.00 bits per heavy atom. The van der Waals surface area contributed by atoms with Gasteiger partial charge in [-0.1, -0.05) is 11.3 Å². The maximum absolute atomic E-state index is 12.5. The number of fused-ring (bicyclic) bond motifs is 1. The van der Waals surface area contributed by atoms with Crippen molar-refractivity contribution in [1.82, 2.24) is 9.29 Å². The number of anilines is 1. The van der Waals surface area contributed by atoms with Crippen molar-refractivity contribution in [3.8, 4) is 0 Å². The number of nitrogens with one attached hydrogen (secondary N) is 1. The van der Waals surface area contributed by atoms with Gasteiger partial charge >= 0.3 is 0 Å². The van der Waals surface area contributed by atoms with E-state index in [-0.39, 0.29) is 17.3 Å². The summed E-state index contributed by atoms with van der Waals surface area (Å²) in [5.74, 6) is -0.710. The number of sulfonamides is 1. The molecule has 0 aliphatic carbocycles. The van der Waals surface area contributed by atoms with Gasteiger partial charge < -0.3 is 5.32 Å². The van der Waals surface area contributed by atoms with Crippen LogP contribution in [0.1, 0.15) is 12.8 Å². The van der Waals surface area contributed by atoms with E-state index in [1.165, 1.54) is 27.8 Å². The zero-order valence-corrected chi connectivity index (χ0v) is 16.7. The third-order valence-electron chi connectivity index (χ3n) is 4.24. The fourth-order valence-corrected chi connectivity index (χ4v) is 5.40. The van der Waals surface area contributed by atoms with Crippen molar-refractivity contribution >= 4 is 52.5 Å². The number of carbonyl (C=O) groups is 1. The molecule has 3 rings (SSSR count). The molecule has 0 radical (unpaired) electrons. The van der Waals surface area contributed by atoms with Crippen LogP contribution in [-0.4, -0.2) is 57.6 Å². The maximum Gasteiger partial charge on any atom is 0.230 e. The first-order chi connectivity index (χ1) is 12.0. The average molecular weight is 418 g/mol. The molecule has 26 heavy (non-hydrogen) atoms. The van der Waals surface area contributed by atoms with Gasteiger partial charge in [0.15, 0.2) is 15.0 Å². The van der Waals surface area contributed by atoms with Gasteiger partial charge in [-0.2, -0.15) is 0 Å². The summed E-state index contributed by atoms with van der Waals surface area (Å²) in [6.45, 7) is 0.589. The van der Waals surface area contributed by atoms with Gasteiger partial charge in [-0.15, -0.1) is 0 Å². The number of benzene rings is 1.